The number of nitrogens with one attached hydrogen (secondary N) is 2. The average Bonchev–Trinajstić information content (AvgIpc) is 2.78. The fraction of sp³-hybridized carbons (Fsp3) is 0.500. The van der Waals surface area contributed by atoms with E-state index < -0.39 is 27.6 Å². The molecule has 1 amide bonds. The van der Waals surface area contributed by atoms with Crippen molar-refractivity contribution in [1.82, 2.24) is 5.32 Å². The lowest BCUT2D eigenvalue weighted by Crippen LogP contribution is -2.36. The van der Waals surface area contributed by atoms with E-state index in [4.69, 9.17) is 11.6 Å². The molecule has 5 nitrogen and oxygen atoms in total. The van der Waals surface area contributed by atoms with Crippen LogP contribution in [0.1, 0.15) is 18.4 Å². The van der Waals surface area contributed by atoms with Crippen molar-refractivity contribution in [2.45, 2.75) is 25.1 Å². The number of rotatable bonds is 5. The lowest BCUT2D eigenvalue weighted by atomic mass is 10.2. The Morgan fingerprint density at radius 2 is 2.04 bits per heavy atom. The molecule has 1 saturated heterocycles. The Hall–Kier alpha value is -1.48. The molecule has 1 aromatic rings. The van der Waals surface area contributed by atoms with Crippen LogP contribution in [0.3, 0.4) is 0 Å². The summed E-state index contributed by atoms with van der Waals surface area (Å²) in [5.74, 6) is -0.394. The van der Waals surface area contributed by atoms with Crippen LogP contribution in [-0.2, 0) is 20.8 Å². The molecule has 0 saturated carbocycles. The van der Waals surface area contributed by atoms with Gasteiger partial charge in [0, 0.05) is 19.0 Å². The van der Waals surface area contributed by atoms with Crippen molar-refractivity contribution in [3.8, 4) is 0 Å². The minimum absolute atomic E-state index is 0.0108. The second-order valence-electron chi connectivity index (χ2n) is 5.54. The highest BCUT2D eigenvalue weighted by Crippen LogP contribution is 2.33. The molecule has 0 aromatic heterocycles. The first-order valence-corrected chi connectivity index (χ1v) is 9.37. The van der Waals surface area contributed by atoms with Gasteiger partial charge in [-0.3, -0.25) is 4.79 Å². The highest BCUT2D eigenvalue weighted by molar-refractivity contribution is 7.91. The molecule has 2 rings (SSSR count). The number of alkyl halides is 3. The number of hydrogen-bond donors (Lipinski definition) is 2. The van der Waals surface area contributed by atoms with Gasteiger partial charge in [0.05, 0.1) is 27.8 Å². The molecule has 0 aliphatic carbocycles. The Morgan fingerprint density at radius 1 is 1.33 bits per heavy atom. The maximum Gasteiger partial charge on any atom is 0.416 e. The monoisotopic (exact) mass is 384 g/mol. The molecule has 0 spiro atoms. The first-order chi connectivity index (χ1) is 11.1. The normalized spacial score (nSPS) is 19.9. The van der Waals surface area contributed by atoms with Gasteiger partial charge >= 0.3 is 6.18 Å². The standard InChI is InChI=1S/C14H16ClF3N2O3S/c15-11-2-1-9(14(16,17)18)7-12(11)19-5-3-13(21)20-10-4-6-24(22,23)8-10/h1-2,7,10,19H,3-6,8H2,(H,20,21). The summed E-state index contributed by atoms with van der Waals surface area (Å²) >= 11 is 5.83. The van der Waals surface area contributed by atoms with Crippen molar-refractivity contribution in [2.75, 3.05) is 23.4 Å². The van der Waals surface area contributed by atoms with Crippen LogP contribution < -0.4 is 10.6 Å². The Balaban J connectivity index is 1.85. The SMILES string of the molecule is O=C(CCNc1cc(C(F)(F)F)ccc1Cl)NC1CCS(=O)(=O)C1. The van der Waals surface area contributed by atoms with Crippen LogP contribution in [0.15, 0.2) is 18.2 Å². The summed E-state index contributed by atoms with van der Waals surface area (Å²) < 4.78 is 60.6. The van der Waals surface area contributed by atoms with Gasteiger partial charge in [-0.2, -0.15) is 13.2 Å². The molecule has 0 radical (unpaired) electrons. The summed E-state index contributed by atoms with van der Waals surface area (Å²) in [7, 11) is -3.08. The molecule has 1 aromatic carbocycles. The maximum atomic E-state index is 12.7. The first kappa shape index (κ1) is 18.9. The van der Waals surface area contributed by atoms with Crippen LogP contribution in [0.25, 0.3) is 0 Å². The summed E-state index contributed by atoms with van der Waals surface area (Å²) in [5, 5.41) is 5.40. The molecule has 1 unspecified atom stereocenters. The second kappa shape index (κ2) is 7.18. The molecule has 1 aliphatic rings. The minimum Gasteiger partial charge on any atom is -0.383 e. The van der Waals surface area contributed by atoms with Gasteiger partial charge in [0.15, 0.2) is 9.84 Å². The number of amides is 1. The van der Waals surface area contributed by atoms with Crippen LogP contribution in [0.5, 0.6) is 0 Å². The van der Waals surface area contributed by atoms with Crippen LogP contribution in [0.4, 0.5) is 18.9 Å². The number of benzene rings is 1. The molecule has 1 aliphatic heterocycles. The average molecular weight is 385 g/mol. The van der Waals surface area contributed by atoms with Crippen molar-refractivity contribution in [2.24, 2.45) is 0 Å². The molecule has 24 heavy (non-hydrogen) atoms. The third-order valence-electron chi connectivity index (χ3n) is 3.56. The van der Waals surface area contributed by atoms with E-state index in [0.717, 1.165) is 18.2 Å². The Labute approximate surface area is 142 Å². The third-order valence-corrected chi connectivity index (χ3v) is 5.66. The summed E-state index contributed by atoms with van der Waals surface area (Å²) in [5.41, 5.74) is -0.752. The van der Waals surface area contributed by atoms with E-state index in [1.807, 2.05) is 0 Å². The van der Waals surface area contributed by atoms with E-state index in [9.17, 15) is 26.4 Å². The van der Waals surface area contributed by atoms with Crippen molar-refractivity contribution in [3.05, 3.63) is 28.8 Å². The largest absolute Gasteiger partial charge is 0.416 e. The molecule has 0 bridgehead atoms. The van der Waals surface area contributed by atoms with Crippen molar-refractivity contribution < 1.29 is 26.4 Å². The quantitative estimate of drug-likeness (QED) is 0.817. The Bertz CT molecular complexity index is 722. The predicted octanol–water partition coefficient (Wildman–Crippen LogP) is 2.46. The van der Waals surface area contributed by atoms with Gasteiger partial charge in [0.1, 0.15) is 0 Å². The highest BCUT2D eigenvalue weighted by atomic mass is 35.5. The highest BCUT2D eigenvalue weighted by Gasteiger charge is 2.31. The maximum absolute atomic E-state index is 12.7. The zero-order valence-electron chi connectivity index (χ0n) is 12.5. The Kier molecular flexibility index (Phi) is 5.64. The topological polar surface area (TPSA) is 75.3 Å². The van der Waals surface area contributed by atoms with Crippen molar-refractivity contribution in [1.29, 1.82) is 0 Å². The number of hydrogen-bond acceptors (Lipinski definition) is 4. The Morgan fingerprint density at radius 3 is 2.62 bits per heavy atom. The molecule has 1 fully saturated rings. The molecule has 1 heterocycles. The van der Waals surface area contributed by atoms with Gasteiger partial charge < -0.3 is 10.6 Å². The molecular weight excluding hydrogens is 369 g/mol. The van der Waals surface area contributed by atoms with Crippen molar-refractivity contribution >= 4 is 33.0 Å². The van der Waals surface area contributed by atoms with Crippen LogP contribution in [0, 0.1) is 0 Å². The summed E-state index contributed by atoms with van der Waals surface area (Å²) in [6.45, 7) is 0.0757. The fourth-order valence-corrected chi connectivity index (χ4v) is 4.21. The number of carbonyl (C=O) groups is 1. The van der Waals surface area contributed by atoms with Gasteiger partial charge in [-0.15, -0.1) is 0 Å². The van der Waals surface area contributed by atoms with E-state index in [1.165, 1.54) is 0 Å². The lowest BCUT2D eigenvalue weighted by Gasteiger charge is -2.13. The number of halogens is 4. The fourth-order valence-electron chi connectivity index (χ4n) is 2.36. The van der Waals surface area contributed by atoms with Gasteiger partial charge in [-0.25, -0.2) is 8.42 Å². The molecular formula is C14H16ClF3N2O3S. The summed E-state index contributed by atoms with van der Waals surface area (Å²) in [6.07, 6.45) is -4.11. The van der Waals surface area contributed by atoms with Gasteiger partial charge in [-0.1, -0.05) is 11.6 Å². The first-order valence-electron chi connectivity index (χ1n) is 7.17. The molecule has 1 atom stereocenters. The molecule has 10 heteroatoms. The van der Waals surface area contributed by atoms with E-state index in [1.54, 1.807) is 0 Å². The minimum atomic E-state index is -4.48. The second-order valence-corrected chi connectivity index (χ2v) is 8.17. The van der Waals surface area contributed by atoms with Gasteiger partial charge in [-0.05, 0) is 24.6 Å². The molecule has 2 N–H and O–H groups in total. The van der Waals surface area contributed by atoms with Crippen molar-refractivity contribution in [3.63, 3.8) is 0 Å². The van der Waals surface area contributed by atoms with Crippen LogP contribution >= 0.6 is 11.6 Å². The number of sulfone groups is 1. The van der Waals surface area contributed by atoms with E-state index >= 15 is 0 Å². The smallest absolute Gasteiger partial charge is 0.383 e. The molecule has 134 valence electrons. The zero-order chi connectivity index (χ0) is 18.0. The van der Waals surface area contributed by atoms with Gasteiger partial charge in [0.25, 0.3) is 0 Å². The van der Waals surface area contributed by atoms with Crippen LogP contribution in [-0.4, -0.2) is 38.4 Å². The number of anilines is 1. The van der Waals surface area contributed by atoms with Crippen LogP contribution in [0.2, 0.25) is 5.02 Å². The van der Waals surface area contributed by atoms with Gasteiger partial charge in [0.2, 0.25) is 5.91 Å². The van der Waals surface area contributed by atoms with E-state index in [2.05, 4.69) is 10.6 Å². The summed E-state index contributed by atoms with van der Waals surface area (Å²) in [4.78, 5) is 11.8. The van der Waals surface area contributed by atoms with E-state index in [-0.39, 0.29) is 41.1 Å². The third kappa shape index (κ3) is 5.27. The summed E-state index contributed by atoms with van der Waals surface area (Å²) in [6, 6.07) is 2.49. The predicted molar refractivity (Wildman–Crippen MR) is 84.8 cm³/mol. The lowest BCUT2D eigenvalue weighted by molar-refractivity contribution is -0.137. The van der Waals surface area contributed by atoms with E-state index in [0.29, 0.717) is 6.42 Å². The zero-order valence-corrected chi connectivity index (χ0v) is 14.1. The number of carbonyl (C=O) groups excluding carboxylic acids is 1.